The number of benzene rings is 9. The van der Waals surface area contributed by atoms with Crippen LogP contribution >= 0.6 is 15.9 Å². The number of nitrogens with zero attached hydrogens (tertiary/aromatic N) is 3. The molecule has 0 radical (unpaired) electrons. The topological polar surface area (TPSA) is 33.6 Å². The molecule has 11 rings (SSSR count). The molecule has 0 bridgehead atoms. The van der Waals surface area contributed by atoms with E-state index < -0.39 is 0 Å². The minimum atomic E-state index is 0.584. The Morgan fingerprint density at radius 3 is 1.02 bits per heavy atom. The summed E-state index contributed by atoms with van der Waals surface area (Å²) in [5, 5.41) is 15.9. The monoisotopic (exact) mass is 815 g/mol. The molecule has 59 heavy (non-hydrogen) atoms. The van der Waals surface area contributed by atoms with E-state index in [1.807, 2.05) is 12.1 Å². The van der Waals surface area contributed by atoms with Crippen molar-refractivity contribution in [2.75, 3.05) is 0 Å². The van der Waals surface area contributed by atoms with Crippen LogP contribution in [-0.4, -0.2) is 9.13 Å². The van der Waals surface area contributed by atoms with Gasteiger partial charge in [-0.25, -0.2) is 0 Å². The van der Waals surface area contributed by atoms with Crippen molar-refractivity contribution in [2.45, 2.75) is 0 Å². The van der Waals surface area contributed by atoms with E-state index in [1.54, 1.807) is 0 Å². The highest BCUT2D eigenvalue weighted by atomic mass is 79.9. The summed E-state index contributed by atoms with van der Waals surface area (Å²) in [5.41, 5.74) is 15.5. The maximum absolute atomic E-state index is 11.4. The molecule has 0 spiro atoms. The van der Waals surface area contributed by atoms with E-state index in [-0.39, 0.29) is 0 Å². The molecule has 276 valence electrons. The molecule has 4 heteroatoms. The normalized spacial score (nSPS) is 11.5. The van der Waals surface area contributed by atoms with Gasteiger partial charge in [-0.2, -0.15) is 5.26 Å². The number of nitriles is 1. The van der Waals surface area contributed by atoms with Gasteiger partial charge in [0, 0.05) is 26.0 Å². The van der Waals surface area contributed by atoms with Gasteiger partial charge in [0.1, 0.15) is 11.6 Å². The highest BCUT2D eigenvalue weighted by Gasteiger charge is 2.23. The van der Waals surface area contributed by atoms with Gasteiger partial charge in [-0.15, -0.1) is 0 Å². The molecule has 0 N–H and O–H groups in total. The molecule has 0 atom stereocenters. The first kappa shape index (κ1) is 34.8. The fourth-order valence-corrected chi connectivity index (χ4v) is 9.28. The lowest BCUT2D eigenvalue weighted by Gasteiger charge is -2.17. The van der Waals surface area contributed by atoms with Crippen LogP contribution in [0.4, 0.5) is 0 Å². The Labute approximate surface area is 350 Å². The number of halogens is 1. The van der Waals surface area contributed by atoms with Crippen LogP contribution in [0.2, 0.25) is 0 Å². The summed E-state index contributed by atoms with van der Waals surface area (Å²) in [6.07, 6.45) is 0. The largest absolute Gasteiger partial charge is 0.308 e. The first-order valence-corrected chi connectivity index (χ1v) is 20.5. The fourth-order valence-electron chi connectivity index (χ4n) is 8.85. The van der Waals surface area contributed by atoms with Gasteiger partial charge in [-0.3, -0.25) is 0 Å². The predicted molar refractivity (Wildman–Crippen MR) is 249 cm³/mol. The van der Waals surface area contributed by atoms with Crippen molar-refractivity contribution in [3.05, 3.63) is 216 Å². The van der Waals surface area contributed by atoms with Gasteiger partial charge in [-0.1, -0.05) is 174 Å². The average Bonchev–Trinajstić information content (AvgIpc) is 3.81. The first-order valence-electron chi connectivity index (χ1n) is 19.8. The van der Waals surface area contributed by atoms with Gasteiger partial charge >= 0.3 is 0 Å². The molecule has 0 saturated heterocycles. The van der Waals surface area contributed by atoms with Gasteiger partial charge in [0.2, 0.25) is 0 Å². The van der Waals surface area contributed by atoms with Gasteiger partial charge in [0.25, 0.3) is 0 Å². The smallest absolute Gasteiger partial charge is 0.104 e. The van der Waals surface area contributed by atoms with Crippen LogP contribution in [0.15, 0.2) is 211 Å². The minimum Gasteiger partial charge on any atom is -0.308 e. The Hall–Kier alpha value is -7.45. The molecular weight excluding hydrogens is 783 g/mol. The van der Waals surface area contributed by atoms with E-state index in [2.05, 4.69) is 225 Å². The van der Waals surface area contributed by atoms with E-state index in [0.29, 0.717) is 5.56 Å². The second-order valence-electron chi connectivity index (χ2n) is 15.0. The molecule has 0 saturated carbocycles. The Kier molecular flexibility index (Phi) is 8.36. The van der Waals surface area contributed by atoms with Crippen molar-refractivity contribution < 1.29 is 0 Å². The Bertz CT molecular complexity index is 3210. The molecule has 2 aromatic heterocycles. The van der Waals surface area contributed by atoms with E-state index in [9.17, 15) is 5.26 Å². The van der Waals surface area contributed by atoms with E-state index >= 15 is 0 Å². The van der Waals surface area contributed by atoms with E-state index in [0.717, 1.165) is 104 Å². The minimum absolute atomic E-state index is 0.584. The molecule has 9 aromatic carbocycles. The van der Waals surface area contributed by atoms with Crippen molar-refractivity contribution in [2.24, 2.45) is 0 Å². The van der Waals surface area contributed by atoms with Crippen molar-refractivity contribution in [3.8, 4) is 62.0 Å². The van der Waals surface area contributed by atoms with Crippen molar-refractivity contribution in [1.82, 2.24) is 9.13 Å². The highest BCUT2D eigenvalue weighted by Crippen LogP contribution is 2.42. The third kappa shape index (κ3) is 5.86. The molecular formula is C55H34BrN3. The Morgan fingerprint density at radius 1 is 0.322 bits per heavy atom. The molecule has 0 fully saturated rings. The van der Waals surface area contributed by atoms with Gasteiger partial charge in [0.05, 0.1) is 33.4 Å². The summed E-state index contributed by atoms with van der Waals surface area (Å²) in [4.78, 5) is 0. The summed E-state index contributed by atoms with van der Waals surface area (Å²) in [6.45, 7) is 0. The zero-order valence-corrected chi connectivity index (χ0v) is 33.4. The summed E-state index contributed by atoms with van der Waals surface area (Å²) in [6, 6.07) is 75.8. The molecule has 2 heterocycles. The second-order valence-corrected chi connectivity index (χ2v) is 15.9. The maximum atomic E-state index is 11.4. The molecule has 0 aliphatic carbocycles. The quantitative estimate of drug-likeness (QED) is 0.165. The van der Waals surface area contributed by atoms with E-state index in [4.69, 9.17) is 0 Å². The molecule has 0 unspecified atom stereocenters. The third-order valence-electron chi connectivity index (χ3n) is 11.6. The van der Waals surface area contributed by atoms with Crippen LogP contribution in [0.5, 0.6) is 0 Å². The maximum Gasteiger partial charge on any atom is 0.104 e. The molecule has 11 aromatic rings. The molecule has 0 aliphatic heterocycles. The SMILES string of the molecule is N#Cc1c(-n2c3ccc(-c4ccccc4)cc3c3ccc(-c4ccccc4)cc32)cc(Br)cc1-n1c2ccc(-c3ccccc3)cc2c2ccc(-c3ccccc3)cc21. The predicted octanol–water partition coefficient (Wildman–Crippen LogP) is 15.2. The van der Waals surface area contributed by atoms with Crippen LogP contribution in [-0.2, 0) is 0 Å². The first-order chi connectivity index (χ1) is 29.1. The van der Waals surface area contributed by atoms with Crippen molar-refractivity contribution in [1.29, 1.82) is 5.26 Å². The number of hydrogen-bond donors (Lipinski definition) is 0. The number of fused-ring (bicyclic) bond motifs is 6. The lowest BCUT2D eigenvalue weighted by atomic mass is 10.0. The zero-order chi connectivity index (χ0) is 39.5. The summed E-state index contributed by atoms with van der Waals surface area (Å²) >= 11 is 3.95. The summed E-state index contributed by atoms with van der Waals surface area (Å²) in [7, 11) is 0. The van der Waals surface area contributed by atoms with Crippen molar-refractivity contribution >= 4 is 59.5 Å². The average molecular weight is 817 g/mol. The fraction of sp³-hybridized carbons (Fsp3) is 0. The molecule has 3 nitrogen and oxygen atoms in total. The highest BCUT2D eigenvalue weighted by molar-refractivity contribution is 9.10. The van der Waals surface area contributed by atoms with Crippen LogP contribution < -0.4 is 0 Å². The Morgan fingerprint density at radius 2 is 0.661 bits per heavy atom. The van der Waals surface area contributed by atoms with Crippen molar-refractivity contribution in [3.63, 3.8) is 0 Å². The van der Waals surface area contributed by atoms with Crippen LogP contribution in [0.3, 0.4) is 0 Å². The van der Waals surface area contributed by atoms with Crippen LogP contribution in [0, 0.1) is 11.3 Å². The number of hydrogen-bond acceptors (Lipinski definition) is 1. The van der Waals surface area contributed by atoms with Crippen LogP contribution in [0.25, 0.3) is 99.5 Å². The lowest BCUT2D eigenvalue weighted by Crippen LogP contribution is -2.04. The standard InChI is InChI=1S/C55H34BrN3/c56-44-33-54(58-50-27-23-40(36-13-5-1-6-14-36)29-47(50)45-25-21-42(31-52(45)58)38-17-9-3-10-18-38)49(35-57)55(34-44)59-51-28-24-41(37-15-7-2-8-16-37)30-48(51)46-26-22-43(32-53(46)59)39-19-11-4-12-20-39/h1-34H. The summed E-state index contributed by atoms with van der Waals surface area (Å²) in [5.74, 6) is 0. The van der Waals surface area contributed by atoms with E-state index in [1.165, 1.54) is 0 Å². The number of aromatic nitrogens is 2. The van der Waals surface area contributed by atoms with Gasteiger partial charge < -0.3 is 9.13 Å². The Balaban J connectivity index is 1.21. The zero-order valence-electron chi connectivity index (χ0n) is 31.8. The number of rotatable bonds is 6. The lowest BCUT2D eigenvalue weighted by molar-refractivity contribution is 1.11. The summed E-state index contributed by atoms with van der Waals surface area (Å²) < 4.78 is 5.46. The van der Waals surface area contributed by atoms with Crippen LogP contribution in [0.1, 0.15) is 5.56 Å². The second kappa shape index (κ2) is 14.2. The molecule has 0 aliphatic rings. The van der Waals surface area contributed by atoms with Gasteiger partial charge in [-0.05, 0) is 93.0 Å². The molecule has 0 amide bonds. The van der Waals surface area contributed by atoms with Gasteiger partial charge in [0.15, 0.2) is 0 Å². The third-order valence-corrected chi connectivity index (χ3v) is 12.1.